The van der Waals surface area contributed by atoms with Crippen molar-refractivity contribution < 1.29 is 19.1 Å². The Labute approximate surface area is 203 Å². The van der Waals surface area contributed by atoms with Gasteiger partial charge in [0.25, 0.3) is 17.7 Å². The molecule has 2 heterocycles. The van der Waals surface area contributed by atoms with Crippen molar-refractivity contribution in [1.82, 2.24) is 4.90 Å². The molecule has 166 valence electrons. The summed E-state index contributed by atoms with van der Waals surface area (Å²) in [5, 5.41) is 2.93. The van der Waals surface area contributed by atoms with Crippen LogP contribution < -0.4 is 10.2 Å². The fourth-order valence-electron chi connectivity index (χ4n) is 3.30. The lowest BCUT2D eigenvalue weighted by atomic mass is 10.1. The number of anilines is 2. The lowest BCUT2D eigenvalue weighted by Gasteiger charge is -2.26. The van der Waals surface area contributed by atoms with Gasteiger partial charge in [-0.05, 0) is 36.4 Å². The highest BCUT2D eigenvalue weighted by Crippen LogP contribution is 2.38. The number of carbonyl (C=O) groups excluding carboxylic acids is 3. The van der Waals surface area contributed by atoms with Gasteiger partial charge in [-0.2, -0.15) is 0 Å². The number of halogens is 4. The Hall–Kier alpha value is -2.29. The normalized spacial score (nSPS) is 16.8. The highest BCUT2D eigenvalue weighted by molar-refractivity contribution is 6.54. The highest BCUT2D eigenvalue weighted by atomic mass is 35.5. The van der Waals surface area contributed by atoms with Crippen molar-refractivity contribution in [1.29, 1.82) is 0 Å². The molecule has 0 atom stereocenters. The minimum absolute atomic E-state index is 0.0671. The van der Waals surface area contributed by atoms with Crippen molar-refractivity contribution in [3.8, 4) is 0 Å². The second-order valence-electron chi connectivity index (χ2n) is 6.96. The van der Waals surface area contributed by atoms with Crippen LogP contribution in [0.15, 0.2) is 47.1 Å². The molecule has 11 heteroatoms. The first-order valence-electron chi connectivity index (χ1n) is 9.45. The van der Waals surface area contributed by atoms with E-state index in [0.29, 0.717) is 37.6 Å². The maximum atomic E-state index is 13.0. The van der Waals surface area contributed by atoms with Gasteiger partial charge < -0.3 is 15.0 Å². The number of amides is 3. The number of morpholine rings is 1. The Bertz CT molecular complexity index is 1140. The Kier molecular flexibility index (Phi) is 6.65. The summed E-state index contributed by atoms with van der Waals surface area (Å²) in [7, 11) is 0. The lowest BCUT2D eigenvalue weighted by Crippen LogP contribution is -2.40. The van der Waals surface area contributed by atoms with Crippen LogP contribution in [0, 0.1) is 0 Å². The summed E-state index contributed by atoms with van der Waals surface area (Å²) >= 11 is 24.3. The molecule has 1 saturated heterocycles. The predicted octanol–water partition coefficient (Wildman–Crippen LogP) is 4.55. The van der Waals surface area contributed by atoms with E-state index in [-0.39, 0.29) is 37.4 Å². The van der Waals surface area contributed by atoms with Crippen LogP contribution in [0.4, 0.5) is 11.4 Å². The number of nitrogens with one attached hydrogen (secondary N) is 1. The Morgan fingerprint density at radius 1 is 0.875 bits per heavy atom. The molecule has 0 bridgehead atoms. The van der Waals surface area contributed by atoms with Gasteiger partial charge in [-0.25, -0.2) is 4.90 Å². The van der Waals surface area contributed by atoms with Crippen molar-refractivity contribution in [2.24, 2.45) is 0 Å². The van der Waals surface area contributed by atoms with Crippen LogP contribution in [0.1, 0.15) is 10.4 Å². The molecule has 1 fully saturated rings. The van der Waals surface area contributed by atoms with Gasteiger partial charge in [0.15, 0.2) is 0 Å². The summed E-state index contributed by atoms with van der Waals surface area (Å²) in [6.07, 6.45) is 0. The summed E-state index contributed by atoms with van der Waals surface area (Å²) in [4.78, 5) is 40.7. The molecule has 0 unspecified atom stereocenters. The topological polar surface area (TPSA) is 79.0 Å². The maximum absolute atomic E-state index is 13.0. The standard InChI is InChI=1S/C21H15Cl4N3O4/c22-13-9-15(24)16(10-14(13)23)28-20(30)17(25)18(21(28)31)26-12-3-1-11(2-4-12)19(29)27-5-7-32-8-6-27/h1-4,9-10,26H,5-8H2. The first kappa shape index (κ1) is 22.9. The zero-order chi connectivity index (χ0) is 23.0. The molecule has 2 aliphatic heterocycles. The minimum atomic E-state index is -0.751. The summed E-state index contributed by atoms with van der Waals surface area (Å²) < 4.78 is 5.26. The quantitative estimate of drug-likeness (QED) is 0.478. The summed E-state index contributed by atoms with van der Waals surface area (Å²) in [5.74, 6) is -1.56. The Morgan fingerprint density at radius 3 is 2.16 bits per heavy atom. The zero-order valence-electron chi connectivity index (χ0n) is 16.3. The molecule has 32 heavy (non-hydrogen) atoms. The van der Waals surface area contributed by atoms with E-state index in [1.807, 2.05) is 0 Å². The van der Waals surface area contributed by atoms with Crippen LogP contribution in [0.5, 0.6) is 0 Å². The molecule has 4 rings (SSSR count). The highest BCUT2D eigenvalue weighted by Gasteiger charge is 2.40. The predicted molar refractivity (Wildman–Crippen MR) is 124 cm³/mol. The Balaban J connectivity index is 1.53. The fourth-order valence-corrected chi connectivity index (χ4v) is 4.14. The van der Waals surface area contributed by atoms with Crippen molar-refractivity contribution in [3.63, 3.8) is 0 Å². The van der Waals surface area contributed by atoms with Gasteiger partial charge in [-0.3, -0.25) is 14.4 Å². The monoisotopic (exact) mass is 513 g/mol. The number of rotatable bonds is 4. The maximum Gasteiger partial charge on any atom is 0.283 e. The smallest absolute Gasteiger partial charge is 0.283 e. The van der Waals surface area contributed by atoms with Crippen LogP contribution >= 0.6 is 46.4 Å². The van der Waals surface area contributed by atoms with Crippen molar-refractivity contribution in [2.45, 2.75) is 0 Å². The number of hydrogen-bond donors (Lipinski definition) is 1. The van der Waals surface area contributed by atoms with Crippen LogP contribution in [0.2, 0.25) is 15.1 Å². The van der Waals surface area contributed by atoms with E-state index >= 15 is 0 Å². The number of nitrogens with zero attached hydrogens (tertiary/aromatic N) is 2. The molecule has 0 spiro atoms. The molecule has 0 saturated carbocycles. The minimum Gasteiger partial charge on any atom is -0.378 e. The molecule has 2 aliphatic rings. The van der Waals surface area contributed by atoms with Gasteiger partial charge >= 0.3 is 0 Å². The van der Waals surface area contributed by atoms with E-state index in [2.05, 4.69) is 5.32 Å². The molecule has 1 N–H and O–H groups in total. The largest absolute Gasteiger partial charge is 0.378 e. The van der Waals surface area contributed by atoms with Gasteiger partial charge in [-0.15, -0.1) is 0 Å². The molecule has 3 amide bonds. The van der Waals surface area contributed by atoms with E-state index in [1.54, 1.807) is 29.2 Å². The lowest BCUT2D eigenvalue weighted by molar-refractivity contribution is -0.120. The van der Waals surface area contributed by atoms with E-state index in [1.165, 1.54) is 12.1 Å². The second-order valence-corrected chi connectivity index (χ2v) is 8.56. The van der Waals surface area contributed by atoms with Crippen molar-refractivity contribution >= 4 is 75.5 Å². The summed E-state index contributed by atoms with van der Waals surface area (Å²) in [5.41, 5.74) is 0.916. The van der Waals surface area contributed by atoms with Gasteiger partial charge in [0, 0.05) is 24.3 Å². The SMILES string of the molecule is O=C(c1ccc(NC2=C(Cl)C(=O)N(c3cc(Cl)c(Cl)cc3Cl)C2=O)cc1)N1CCOCC1. The van der Waals surface area contributed by atoms with Crippen molar-refractivity contribution in [2.75, 3.05) is 36.5 Å². The van der Waals surface area contributed by atoms with Crippen molar-refractivity contribution in [3.05, 3.63) is 67.8 Å². The number of imide groups is 1. The molecule has 0 radical (unpaired) electrons. The van der Waals surface area contributed by atoms with Gasteiger partial charge in [0.05, 0.1) is 34.0 Å². The molecular weight excluding hydrogens is 500 g/mol. The number of benzene rings is 2. The van der Waals surface area contributed by atoms with Crippen LogP contribution in [-0.4, -0.2) is 48.9 Å². The van der Waals surface area contributed by atoms with Crippen LogP contribution in [-0.2, 0) is 14.3 Å². The number of ether oxygens (including phenoxy) is 1. The van der Waals surface area contributed by atoms with Crippen LogP contribution in [0.25, 0.3) is 0 Å². The number of carbonyl (C=O) groups is 3. The summed E-state index contributed by atoms with van der Waals surface area (Å²) in [6, 6.07) is 9.16. The van der Waals surface area contributed by atoms with Gasteiger partial charge in [0.2, 0.25) is 0 Å². The van der Waals surface area contributed by atoms with Gasteiger partial charge in [-0.1, -0.05) is 46.4 Å². The third kappa shape index (κ3) is 4.31. The first-order valence-corrected chi connectivity index (χ1v) is 11.0. The average Bonchev–Trinajstić information content (AvgIpc) is 3.00. The molecular formula is C21H15Cl4N3O4. The third-order valence-electron chi connectivity index (χ3n) is 4.96. The average molecular weight is 515 g/mol. The Morgan fingerprint density at radius 2 is 1.50 bits per heavy atom. The van der Waals surface area contributed by atoms with E-state index < -0.39 is 11.8 Å². The molecule has 2 aromatic rings. The molecule has 7 nitrogen and oxygen atoms in total. The third-order valence-corrected chi connectivity index (χ3v) is 6.33. The van der Waals surface area contributed by atoms with Crippen LogP contribution in [0.3, 0.4) is 0 Å². The molecule has 2 aromatic carbocycles. The summed E-state index contributed by atoms with van der Waals surface area (Å²) in [6.45, 7) is 2.08. The molecule has 0 aliphatic carbocycles. The zero-order valence-corrected chi connectivity index (χ0v) is 19.4. The molecule has 0 aromatic heterocycles. The first-order chi connectivity index (χ1) is 15.3. The second kappa shape index (κ2) is 9.29. The van der Waals surface area contributed by atoms with E-state index in [9.17, 15) is 14.4 Å². The fraction of sp³-hybridized carbons (Fsp3) is 0.190. The van der Waals surface area contributed by atoms with E-state index in [0.717, 1.165) is 4.90 Å². The number of hydrogen-bond acceptors (Lipinski definition) is 5. The van der Waals surface area contributed by atoms with Gasteiger partial charge in [0.1, 0.15) is 10.7 Å². The van der Waals surface area contributed by atoms with E-state index in [4.69, 9.17) is 51.1 Å².